The highest BCUT2D eigenvalue weighted by Crippen LogP contribution is 2.23. The van der Waals surface area contributed by atoms with Crippen LogP contribution in [-0.2, 0) is 19.2 Å². The Labute approximate surface area is 126 Å². The minimum absolute atomic E-state index is 0.0493. The number of esters is 1. The molecule has 0 bridgehead atoms. The van der Waals surface area contributed by atoms with E-state index in [1.807, 2.05) is 0 Å². The Morgan fingerprint density at radius 3 is 2.05 bits per heavy atom. The number of benzene rings is 1. The number of fused-ring (bicyclic) bond motifs is 1. The zero-order chi connectivity index (χ0) is 16.3. The summed E-state index contributed by atoms with van der Waals surface area (Å²) in [5, 5.41) is 0.456. The first-order valence-electron chi connectivity index (χ1n) is 6.69. The third kappa shape index (κ3) is 3.13. The zero-order valence-electron chi connectivity index (χ0n) is 12.2. The SMILES string of the molecule is COC(=O)CC(C)CC(=O)ON1C(=O)c2ccccc2C1=O. The van der Waals surface area contributed by atoms with Gasteiger partial charge < -0.3 is 9.57 Å². The average molecular weight is 305 g/mol. The summed E-state index contributed by atoms with van der Waals surface area (Å²) in [6.07, 6.45) is -0.0593. The predicted molar refractivity (Wildman–Crippen MR) is 73.4 cm³/mol. The van der Waals surface area contributed by atoms with Gasteiger partial charge in [-0.2, -0.15) is 0 Å². The molecule has 1 aromatic carbocycles. The highest BCUT2D eigenvalue weighted by molar-refractivity contribution is 6.20. The number of carbonyl (C=O) groups is 4. The third-order valence-electron chi connectivity index (χ3n) is 3.21. The van der Waals surface area contributed by atoms with Crippen LogP contribution in [0.2, 0.25) is 0 Å². The van der Waals surface area contributed by atoms with Crippen molar-refractivity contribution in [1.82, 2.24) is 5.06 Å². The number of carbonyl (C=O) groups excluding carboxylic acids is 4. The van der Waals surface area contributed by atoms with E-state index >= 15 is 0 Å². The van der Waals surface area contributed by atoms with Gasteiger partial charge in [-0.3, -0.25) is 14.4 Å². The summed E-state index contributed by atoms with van der Waals surface area (Å²) in [5.41, 5.74) is 0.394. The largest absolute Gasteiger partial charge is 0.469 e. The van der Waals surface area contributed by atoms with E-state index in [-0.39, 0.29) is 29.9 Å². The summed E-state index contributed by atoms with van der Waals surface area (Å²) in [5.74, 6) is -2.87. The van der Waals surface area contributed by atoms with Crippen LogP contribution in [0.3, 0.4) is 0 Å². The Morgan fingerprint density at radius 1 is 1.05 bits per heavy atom. The first-order valence-corrected chi connectivity index (χ1v) is 6.69. The van der Waals surface area contributed by atoms with Crippen molar-refractivity contribution in [3.05, 3.63) is 35.4 Å². The summed E-state index contributed by atoms with van der Waals surface area (Å²) in [6, 6.07) is 6.22. The first-order chi connectivity index (χ1) is 10.4. The number of hydrogen-bond acceptors (Lipinski definition) is 6. The van der Waals surface area contributed by atoms with Crippen molar-refractivity contribution in [3.8, 4) is 0 Å². The van der Waals surface area contributed by atoms with E-state index in [4.69, 9.17) is 4.84 Å². The molecule has 7 heteroatoms. The fraction of sp³-hybridized carbons (Fsp3) is 0.333. The smallest absolute Gasteiger partial charge is 0.333 e. The predicted octanol–water partition coefficient (Wildman–Crippen LogP) is 1.33. The van der Waals surface area contributed by atoms with Crippen LogP contribution in [-0.4, -0.2) is 35.9 Å². The van der Waals surface area contributed by atoms with Crippen molar-refractivity contribution in [2.24, 2.45) is 5.92 Å². The summed E-state index contributed by atoms with van der Waals surface area (Å²) in [4.78, 5) is 51.8. The maximum Gasteiger partial charge on any atom is 0.333 e. The molecular formula is C15H15NO6. The quantitative estimate of drug-likeness (QED) is 0.602. The lowest BCUT2D eigenvalue weighted by Gasteiger charge is -2.14. The molecule has 1 unspecified atom stereocenters. The first kappa shape index (κ1) is 15.7. The Morgan fingerprint density at radius 2 is 1.55 bits per heavy atom. The van der Waals surface area contributed by atoms with Gasteiger partial charge in [-0.15, -0.1) is 0 Å². The molecule has 0 saturated heterocycles. The van der Waals surface area contributed by atoms with E-state index in [0.29, 0.717) is 5.06 Å². The molecule has 7 nitrogen and oxygen atoms in total. The van der Waals surface area contributed by atoms with Crippen molar-refractivity contribution in [2.45, 2.75) is 19.8 Å². The Balaban J connectivity index is 1.97. The van der Waals surface area contributed by atoms with Crippen LogP contribution in [0, 0.1) is 5.92 Å². The highest BCUT2D eigenvalue weighted by Gasteiger charge is 2.38. The number of hydrogen-bond donors (Lipinski definition) is 0. The standard InChI is InChI=1S/C15H15NO6/c1-9(7-12(17)21-2)8-13(18)22-16-14(19)10-5-3-4-6-11(10)15(16)20/h3-6,9H,7-8H2,1-2H3. The molecule has 0 aliphatic carbocycles. The molecule has 1 aromatic rings. The van der Waals surface area contributed by atoms with Crippen molar-refractivity contribution < 1.29 is 28.8 Å². The fourth-order valence-electron chi connectivity index (χ4n) is 2.11. The van der Waals surface area contributed by atoms with Crippen LogP contribution in [0.25, 0.3) is 0 Å². The van der Waals surface area contributed by atoms with Gasteiger partial charge in [0.2, 0.25) is 0 Å². The molecule has 22 heavy (non-hydrogen) atoms. The van der Waals surface area contributed by atoms with E-state index < -0.39 is 23.8 Å². The van der Waals surface area contributed by atoms with Crippen LogP contribution >= 0.6 is 0 Å². The number of methoxy groups -OCH3 is 1. The Hall–Kier alpha value is -2.70. The molecule has 0 saturated carbocycles. The van der Waals surface area contributed by atoms with Crippen LogP contribution in [0.5, 0.6) is 0 Å². The molecule has 1 heterocycles. The van der Waals surface area contributed by atoms with Crippen LogP contribution < -0.4 is 0 Å². The zero-order valence-corrected chi connectivity index (χ0v) is 12.2. The molecule has 0 fully saturated rings. The monoisotopic (exact) mass is 305 g/mol. The van der Waals surface area contributed by atoms with Crippen molar-refractivity contribution >= 4 is 23.8 Å². The summed E-state index contributed by atoms with van der Waals surface area (Å²) in [6.45, 7) is 1.67. The van der Waals surface area contributed by atoms with Crippen molar-refractivity contribution in [1.29, 1.82) is 0 Å². The fourth-order valence-corrected chi connectivity index (χ4v) is 2.11. The normalized spacial score (nSPS) is 14.5. The second kappa shape index (κ2) is 6.38. The van der Waals surface area contributed by atoms with E-state index in [2.05, 4.69) is 4.74 Å². The number of rotatable bonds is 5. The number of nitrogens with zero attached hydrogens (tertiary/aromatic N) is 1. The van der Waals surface area contributed by atoms with Gasteiger partial charge in [0.05, 0.1) is 24.7 Å². The van der Waals surface area contributed by atoms with Gasteiger partial charge >= 0.3 is 11.9 Å². The van der Waals surface area contributed by atoms with E-state index in [1.165, 1.54) is 19.2 Å². The molecular weight excluding hydrogens is 290 g/mol. The Kier molecular flexibility index (Phi) is 4.55. The molecule has 0 spiro atoms. The van der Waals surface area contributed by atoms with Gasteiger partial charge in [-0.1, -0.05) is 24.1 Å². The third-order valence-corrected chi connectivity index (χ3v) is 3.21. The number of hydroxylamine groups is 2. The van der Waals surface area contributed by atoms with Crippen molar-refractivity contribution in [3.63, 3.8) is 0 Å². The summed E-state index contributed by atoms with van der Waals surface area (Å²) in [7, 11) is 1.26. The van der Waals surface area contributed by atoms with Gasteiger partial charge in [-0.25, -0.2) is 4.79 Å². The lowest BCUT2D eigenvalue weighted by molar-refractivity contribution is -0.169. The molecule has 1 aliphatic rings. The van der Waals surface area contributed by atoms with Gasteiger partial charge in [-0.05, 0) is 18.1 Å². The van der Waals surface area contributed by atoms with Gasteiger partial charge in [0.25, 0.3) is 11.8 Å². The molecule has 1 atom stereocenters. The number of imide groups is 1. The Bertz CT molecular complexity index is 604. The van der Waals surface area contributed by atoms with E-state index in [1.54, 1.807) is 19.1 Å². The van der Waals surface area contributed by atoms with Crippen molar-refractivity contribution in [2.75, 3.05) is 7.11 Å². The highest BCUT2D eigenvalue weighted by atomic mass is 16.7. The molecule has 116 valence electrons. The lowest BCUT2D eigenvalue weighted by atomic mass is 10.0. The molecule has 2 rings (SSSR count). The minimum atomic E-state index is -0.758. The minimum Gasteiger partial charge on any atom is -0.469 e. The molecule has 0 N–H and O–H groups in total. The number of amides is 2. The van der Waals surface area contributed by atoms with Crippen LogP contribution in [0.4, 0.5) is 0 Å². The van der Waals surface area contributed by atoms with E-state index in [0.717, 1.165) is 0 Å². The maximum atomic E-state index is 12.0. The van der Waals surface area contributed by atoms with Crippen LogP contribution in [0.1, 0.15) is 40.5 Å². The second-order valence-corrected chi connectivity index (χ2v) is 5.00. The lowest BCUT2D eigenvalue weighted by Crippen LogP contribution is -2.33. The maximum absolute atomic E-state index is 12.0. The van der Waals surface area contributed by atoms with E-state index in [9.17, 15) is 19.2 Å². The van der Waals surface area contributed by atoms with Gasteiger partial charge in [0.1, 0.15) is 0 Å². The average Bonchev–Trinajstić information content (AvgIpc) is 2.72. The number of ether oxygens (including phenoxy) is 1. The second-order valence-electron chi connectivity index (χ2n) is 5.00. The molecule has 0 aromatic heterocycles. The van der Waals surface area contributed by atoms with Crippen LogP contribution in [0.15, 0.2) is 24.3 Å². The molecule has 0 radical (unpaired) electrons. The summed E-state index contributed by atoms with van der Waals surface area (Å²) >= 11 is 0. The summed E-state index contributed by atoms with van der Waals surface area (Å²) < 4.78 is 4.50. The van der Waals surface area contributed by atoms with Gasteiger partial charge in [0.15, 0.2) is 0 Å². The molecule has 2 amide bonds. The van der Waals surface area contributed by atoms with Gasteiger partial charge in [0, 0.05) is 6.42 Å². The molecule has 1 aliphatic heterocycles. The topological polar surface area (TPSA) is 90.0 Å².